The first-order valence-corrected chi connectivity index (χ1v) is 9.65. The summed E-state index contributed by atoms with van der Waals surface area (Å²) in [5.41, 5.74) is 0. The van der Waals surface area contributed by atoms with Crippen molar-refractivity contribution >= 4 is 22.8 Å². The van der Waals surface area contributed by atoms with Crippen LogP contribution in [0.4, 0.5) is 0 Å². The normalized spacial score (nSPS) is 13.5. The van der Waals surface area contributed by atoms with Gasteiger partial charge < -0.3 is 30.8 Å². The maximum absolute atomic E-state index is 10.8. The fourth-order valence-electron chi connectivity index (χ4n) is 1.18. The van der Waals surface area contributed by atoms with Gasteiger partial charge in [-0.2, -0.15) is 0 Å². The molecular formula is C5H16KO9P3. The minimum absolute atomic E-state index is 0. The summed E-state index contributed by atoms with van der Waals surface area (Å²) in [6.45, 7) is 0. The second-order valence-corrected chi connectivity index (χ2v) is 9.33. The Balaban J connectivity index is -0.00000128. The third-order valence-corrected chi connectivity index (χ3v) is 6.71. The van der Waals surface area contributed by atoms with Crippen LogP contribution in [-0.2, 0) is 13.7 Å². The van der Waals surface area contributed by atoms with Crippen molar-refractivity contribution in [1.29, 1.82) is 0 Å². The van der Waals surface area contributed by atoms with Gasteiger partial charge in [-0.25, -0.2) is 0 Å². The Bertz CT molecular complexity index is 363. The van der Waals surface area contributed by atoms with Crippen LogP contribution in [0, 0.1) is 0 Å². The molecular weight excluding hydrogens is 336 g/mol. The molecule has 0 aromatic rings. The molecule has 0 aliphatic heterocycles. The Kier molecular flexibility index (Phi) is 10.6. The number of hydrogen-bond donors (Lipinski definition) is 6. The first-order valence-electron chi connectivity index (χ1n) is 4.49. The minimum Gasteiger partial charge on any atom is -1.00 e. The van der Waals surface area contributed by atoms with Gasteiger partial charge in [-0.1, -0.05) is 6.42 Å². The van der Waals surface area contributed by atoms with Crippen LogP contribution >= 0.6 is 22.8 Å². The molecule has 0 aromatic carbocycles. The molecule has 0 saturated carbocycles. The van der Waals surface area contributed by atoms with Gasteiger partial charge in [0.05, 0.1) is 0 Å². The summed E-state index contributed by atoms with van der Waals surface area (Å²) in [6.07, 6.45) is -1.14. The molecule has 0 bridgehead atoms. The molecule has 0 spiro atoms. The van der Waals surface area contributed by atoms with Crippen LogP contribution in [-0.4, -0.2) is 40.9 Å². The van der Waals surface area contributed by atoms with Crippen LogP contribution < -0.4 is 51.4 Å². The molecule has 0 atom stereocenters. The molecule has 18 heavy (non-hydrogen) atoms. The standard InChI is InChI=1S/C5H15O9P3.K.H/c6-15(7,8)4-2-1-3-5(16(9,10)11)17(12,13)14;;/h5H,1-4H2,(H2,6,7,8)(H2,9,10,11)(H2,12,13,14);;/q;+1;-1. The van der Waals surface area contributed by atoms with Crippen LogP contribution in [0.25, 0.3) is 0 Å². The van der Waals surface area contributed by atoms with E-state index in [0.717, 1.165) is 0 Å². The van der Waals surface area contributed by atoms with Gasteiger partial charge in [-0.3, -0.25) is 13.7 Å². The van der Waals surface area contributed by atoms with Crippen LogP contribution in [0.15, 0.2) is 0 Å². The van der Waals surface area contributed by atoms with E-state index in [2.05, 4.69) is 0 Å². The van der Waals surface area contributed by atoms with Crippen molar-refractivity contribution in [3.63, 3.8) is 0 Å². The molecule has 0 radical (unpaired) electrons. The van der Waals surface area contributed by atoms with Gasteiger partial charge in [-0.15, -0.1) is 0 Å². The Morgan fingerprint density at radius 1 is 0.833 bits per heavy atom. The van der Waals surface area contributed by atoms with E-state index in [1.807, 2.05) is 0 Å². The van der Waals surface area contributed by atoms with E-state index in [0.29, 0.717) is 0 Å². The average Bonchev–Trinajstić information content (AvgIpc) is 1.95. The third kappa shape index (κ3) is 10.8. The zero-order chi connectivity index (χ0) is 13.9. The van der Waals surface area contributed by atoms with E-state index in [9.17, 15) is 13.7 Å². The van der Waals surface area contributed by atoms with Gasteiger partial charge in [0, 0.05) is 6.16 Å². The van der Waals surface area contributed by atoms with Crippen molar-refractivity contribution < 1.29 is 95.9 Å². The van der Waals surface area contributed by atoms with Crippen molar-refractivity contribution in [3.05, 3.63) is 0 Å². The largest absolute Gasteiger partial charge is 1.00 e. The zero-order valence-electron chi connectivity index (χ0n) is 10.7. The van der Waals surface area contributed by atoms with Gasteiger partial charge in [0.15, 0.2) is 5.40 Å². The van der Waals surface area contributed by atoms with Crippen LogP contribution in [0.1, 0.15) is 20.7 Å². The van der Waals surface area contributed by atoms with E-state index >= 15 is 0 Å². The SMILES string of the molecule is O=P(O)(O)CCCCC(P(=O)(O)O)P(=O)(O)O.[H-].[K+]. The van der Waals surface area contributed by atoms with Crippen molar-refractivity contribution in [2.75, 3.05) is 6.16 Å². The molecule has 13 heteroatoms. The van der Waals surface area contributed by atoms with Gasteiger partial charge in [-0.05, 0) is 12.8 Å². The van der Waals surface area contributed by atoms with E-state index in [1.54, 1.807) is 0 Å². The van der Waals surface area contributed by atoms with E-state index in [-0.39, 0.29) is 65.7 Å². The van der Waals surface area contributed by atoms with Gasteiger partial charge in [0.25, 0.3) is 0 Å². The number of hydrogen-bond acceptors (Lipinski definition) is 3. The van der Waals surface area contributed by atoms with Gasteiger partial charge in [0.2, 0.25) is 0 Å². The summed E-state index contributed by atoms with van der Waals surface area (Å²) < 4.78 is 32.1. The van der Waals surface area contributed by atoms with Crippen molar-refractivity contribution in [2.45, 2.75) is 24.7 Å². The van der Waals surface area contributed by atoms with Crippen molar-refractivity contribution in [2.24, 2.45) is 0 Å². The second kappa shape index (κ2) is 8.51. The molecule has 0 aliphatic rings. The Morgan fingerprint density at radius 2 is 1.22 bits per heavy atom. The monoisotopic (exact) mass is 352 g/mol. The molecule has 6 N–H and O–H groups in total. The van der Waals surface area contributed by atoms with Gasteiger partial charge >= 0.3 is 74.2 Å². The summed E-state index contributed by atoms with van der Waals surface area (Å²) in [5, 5.41) is -2.10. The predicted molar refractivity (Wildman–Crippen MR) is 59.8 cm³/mol. The average molecular weight is 352 g/mol. The topological polar surface area (TPSA) is 173 Å². The minimum atomic E-state index is -4.94. The first-order chi connectivity index (χ1) is 7.34. The summed E-state index contributed by atoms with van der Waals surface area (Å²) in [4.78, 5) is 52.0. The second-order valence-electron chi connectivity index (χ2n) is 3.54. The summed E-state index contributed by atoms with van der Waals surface area (Å²) in [5.74, 6) is 0. The molecule has 0 fully saturated rings. The molecule has 0 unspecified atom stereocenters. The Labute approximate surface area is 148 Å². The summed E-state index contributed by atoms with van der Waals surface area (Å²) in [7, 11) is -14.1. The first kappa shape index (κ1) is 22.4. The number of rotatable bonds is 7. The Morgan fingerprint density at radius 3 is 1.50 bits per heavy atom. The zero-order valence-corrected chi connectivity index (χ0v) is 15.5. The van der Waals surface area contributed by atoms with E-state index < -0.39 is 40.8 Å². The maximum atomic E-state index is 10.8. The molecule has 0 heterocycles. The van der Waals surface area contributed by atoms with Gasteiger partial charge in [0.1, 0.15) is 0 Å². The summed E-state index contributed by atoms with van der Waals surface area (Å²) in [6, 6.07) is 0. The predicted octanol–water partition coefficient (Wildman–Crippen LogP) is -2.87. The van der Waals surface area contributed by atoms with E-state index in [1.165, 1.54) is 0 Å². The molecule has 0 aromatic heterocycles. The number of unbranched alkanes of at least 4 members (excludes halogenated alkanes) is 1. The molecule has 0 amide bonds. The van der Waals surface area contributed by atoms with E-state index in [4.69, 9.17) is 29.4 Å². The summed E-state index contributed by atoms with van der Waals surface area (Å²) >= 11 is 0. The fourth-order valence-corrected chi connectivity index (χ4v) is 4.42. The Hall–Kier alpha value is 2.09. The van der Waals surface area contributed by atoms with Crippen LogP contribution in [0.5, 0.6) is 0 Å². The van der Waals surface area contributed by atoms with Crippen LogP contribution in [0.2, 0.25) is 0 Å². The maximum Gasteiger partial charge on any atom is 1.00 e. The smallest absolute Gasteiger partial charge is 1.00 e. The molecule has 106 valence electrons. The van der Waals surface area contributed by atoms with Crippen molar-refractivity contribution in [3.8, 4) is 0 Å². The van der Waals surface area contributed by atoms with Crippen molar-refractivity contribution in [1.82, 2.24) is 0 Å². The van der Waals surface area contributed by atoms with Crippen LogP contribution in [0.3, 0.4) is 0 Å². The fraction of sp³-hybridized carbons (Fsp3) is 1.00. The quantitative estimate of drug-likeness (QED) is 0.160. The third-order valence-electron chi connectivity index (χ3n) is 1.94. The molecule has 9 nitrogen and oxygen atoms in total. The molecule has 0 rings (SSSR count). The molecule has 0 saturated heterocycles. The molecule has 0 aliphatic carbocycles.